The summed E-state index contributed by atoms with van der Waals surface area (Å²) in [6.45, 7) is 3.46. The van der Waals surface area contributed by atoms with Crippen molar-refractivity contribution in [2.45, 2.75) is 30.7 Å². The van der Waals surface area contributed by atoms with Crippen molar-refractivity contribution in [3.63, 3.8) is 0 Å². The van der Waals surface area contributed by atoms with Crippen LogP contribution < -0.4 is 9.62 Å². The number of thiophene rings is 1. The fourth-order valence-corrected chi connectivity index (χ4v) is 5.47. The molecule has 3 heterocycles. The van der Waals surface area contributed by atoms with E-state index in [0.717, 1.165) is 28.2 Å². The first kappa shape index (κ1) is 18.3. The van der Waals surface area contributed by atoms with Gasteiger partial charge in [-0.2, -0.15) is 0 Å². The van der Waals surface area contributed by atoms with Crippen LogP contribution in [0, 0.1) is 12.7 Å². The number of halogens is 1. The molecule has 0 bridgehead atoms. The van der Waals surface area contributed by atoms with E-state index in [4.69, 9.17) is 0 Å². The molecule has 2 aromatic heterocycles. The number of piperidine rings is 1. The van der Waals surface area contributed by atoms with Crippen molar-refractivity contribution in [2.24, 2.45) is 0 Å². The van der Waals surface area contributed by atoms with E-state index in [-0.39, 0.29) is 10.9 Å². The topological polar surface area (TPSA) is 75.2 Å². The lowest BCUT2D eigenvalue weighted by molar-refractivity contribution is 0.459. The molecule has 1 fully saturated rings. The zero-order valence-corrected chi connectivity index (χ0v) is 16.4. The summed E-state index contributed by atoms with van der Waals surface area (Å²) in [6.07, 6.45) is 2.93. The van der Waals surface area contributed by atoms with Crippen molar-refractivity contribution in [1.29, 1.82) is 0 Å². The van der Waals surface area contributed by atoms with Crippen LogP contribution >= 0.6 is 11.3 Å². The Morgan fingerprint density at radius 1 is 1.19 bits per heavy atom. The Hall–Kier alpha value is -2.10. The average molecular weight is 407 g/mol. The van der Waals surface area contributed by atoms with Crippen LogP contribution in [-0.4, -0.2) is 37.5 Å². The van der Waals surface area contributed by atoms with Crippen LogP contribution in [0.5, 0.6) is 0 Å². The van der Waals surface area contributed by atoms with E-state index in [0.29, 0.717) is 25.9 Å². The molecule has 0 amide bonds. The molecule has 142 valence electrons. The molecule has 0 spiro atoms. The lowest BCUT2D eigenvalue weighted by atomic mass is 10.1. The van der Waals surface area contributed by atoms with Gasteiger partial charge in [0.1, 0.15) is 22.8 Å². The van der Waals surface area contributed by atoms with E-state index in [1.54, 1.807) is 17.7 Å². The fourth-order valence-electron chi connectivity index (χ4n) is 3.33. The molecular weight excluding hydrogens is 387 g/mol. The number of hydrogen-bond donors (Lipinski definition) is 1. The first-order valence-corrected chi connectivity index (χ1v) is 11.0. The molecule has 9 heteroatoms. The molecule has 1 N–H and O–H groups in total. The van der Waals surface area contributed by atoms with Crippen LogP contribution in [0.4, 0.5) is 10.2 Å². The van der Waals surface area contributed by atoms with Crippen molar-refractivity contribution < 1.29 is 12.8 Å². The van der Waals surface area contributed by atoms with Crippen LogP contribution in [-0.2, 0) is 10.0 Å². The smallest absolute Gasteiger partial charge is 0.240 e. The molecule has 1 saturated heterocycles. The summed E-state index contributed by atoms with van der Waals surface area (Å²) in [6, 6.07) is 6.81. The number of fused-ring (bicyclic) bond motifs is 1. The van der Waals surface area contributed by atoms with Gasteiger partial charge in [0.25, 0.3) is 0 Å². The van der Waals surface area contributed by atoms with Gasteiger partial charge in [-0.25, -0.2) is 27.5 Å². The molecule has 27 heavy (non-hydrogen) atoms. The monoisotopic (exact) mass is 406 g/mol. The molecule has 4 rings (SSSR count). The van der Waals surface area contributed by atoms with Gasteiger partial charge in [0, 0.05) is 24.0 Å². The number of hydrogen-bond acceptors (Lipinski definition) is 6. The predicted molar refractivity (Wildman–Crippen MR) is 104 cm³/mol. The number of nitrogens with one attached hydrogen (secondary N) is 1. The Morgan fingerprint density at radius 2 is 1.89 bits per heavy atom. The summed E-state index contributed by atoms with van der Waals surface area (Å²) < 4.78 is 40.7. The third-order valence-electron chi connectivity index (χ3n) is 4.67. The van der Waals surface area contributed by atoms with Gasteiger partial charge in [0.15, 0.2) is 0 Å². The zero-order chi connectivity index (χ0) is 19.0. The Balaban J connectivity index is 1.45. The zero-order valence-electron chi connectivity index (χ0n) is 14.7. The molecule has 0 atom stereocenters. The number of aromatic nitrogens is 2. The van der Waals surface area contributed by atoms with E-state index >= 15 is 0 Å². The van der Waals surface area contributed by atoms with E-state index in [1.165, 1.54) is 17.0 Å². The van der Waals surface area contributed by atoms with Crippen LogP contribution in [0.2, 0.25) is 0 Å². The highest BCUT2D eigenvalue weighted by molar-refractivity contribution is 7.89. The van der Waals surface area contributed by atoms with E-state index in [2.05, 4.69) is 25.7 Å². The van der Waals surface area contributed by atoms with Gasteiger partial charge >= 0.3 is 0 Å². The van der Waals surface area contributed by atoms with Crippen molar-refractivity contribution in [3.05, 3.63) is 47.4 Å². The Bertz CT molecular complexity index is 1060. The predicted octanol–water partition coefficient (Wildman–Crippen LogP) is 3.09. The summed E-state index contributed by atoms with van der Waals surface area (Å²) >= 11 is 1.64. The number of benzene rings is 1. The minimum absolute atomic E-state index is 0.0811. The second-order valence-corrected chi connectivity index (χ2v) is 9.56. The number of aryl methyl sites for hydroxylation is 1. The second-order valence-electron chi connectivity index (χ2n) is 6.61. The normalized spacial score (nSPS) is 16.1. The molecule has 3 aromatic rings. The Morgan fingerprint density at radius 3 is 2.59 bits per heavy atom. The van der Waals surface area contributed by atoms with Gasteiger partial charge in [-0.1, -0.05) is 0 Å². The van der Waals surface area contributed by atoms with Crippen molar-refractivity contribution in [3.8, 4) is 0 Å². The average Bonchev–Trinajstić information content (AvgIpc) is 3.02. The minimum atomic E-state index is -3.65. The van der Waals surface area contributed by atoms with E-state index < -0.39 is 15.8 Å². The first-order chi connectivity index (χ1) is 12.9. The maximum atomic E-state index is 13.0. The summed E-state index contributed by atoms with van der Waals surface area (Å²) in [5.41, 5.74) is 0. The van der Waals surface area contributed by atoms with Crippen LogP contribution in [0.25, 0.3) is 10.2 Å². The van der Waals surface area contributed by atoms with Crippen molar-refractivity contribution in [2.75, 3.05) is 18.0 Å². The van der Waals surface area contributed by atoms with Crippen LogP contribution in [0.1, 0.15) is 17.7 Å². The Labute approximate surface area is 161 Å². The van der Waals surface area contributed by atoms with E-state index in [9.17, 15) is 12.8 Å². The van der Waals surface area contributed by atoms with Gasteiger partial charge in [-0.15, -0.1) is 11.3 Å². The second kappa shape index (κ2) is 7.14. The molecule has 0 radical (unpaired) electrons. The molecule has 0 aliphatic carbocycles. The highest BCUT2D eigenvalue weighted by Gasteiger charge is 2.26. The highest BCUT2D eigenvalue weighted by Crippen LogP contribution is 2.31. The number of sulfonamides is 1. The van der Waals surface area contributed by atoms with E-state index in [1.807, 2.05) is 6.92 Å². The van der Waals surface area contributed by atoms with Gasteiger partial charge in [0.05, 0.1) is 10.3 Å². The van der Waals surface area contributed by atoms with Gasteiger partial charge in [-0.05, 0) is 50.1 Å². The maximum absolute atomic E-state index is 13.0. The third-order valence-corrected chi connectivity index (χ3v) is 7.17. The molecule has 1 aliphatic rings. The summed E-state index contributed by atoms with van der Waals surface area (Å²) in [5.74, 6) is 0.450. The minimum Gasteiger partial charge on any atom is -0.356 e. The van der Waals surface area contributed by atoms with Crippen molar-refractivity contribution >= 4 is 37.4 Å². The molecule has 1 aromatic carbocycles. The van der Waals surface area contributed by atoms with Gasteiger partial charge in [-0.3, -0.25) is 0 Å². The van der Waals surface area contributed by atoms with Crippen LogP contribution in [0.3, 0.4) is 0 Å². The molecular formula is C18H19FN4O2S2. The quantitative estimate of drug-likeness (QED) is 0.721. The summed E-state index contributed by atoms with van der Waals surface area (Å²) in [5, 5.41) is 1.05. The largest absolute Gasteiger partial charge is 0.356 e. The Kier molecular flexibility index (Phi) is 4.83. The number of anilines is 1. The maximum Gasteiger partial charge on any atom is 0.240 e. The first-order valence-electron chi connectivity index (χ1n) is 8.66. The van der Waals surface area contributed by atoms with Crippen molar-refractivity contribution in [1.82, 2.24) is 14.7 Å². The van der Waals surface area contributed by atoms with Gasteiger partial charge in [0.2, 0.25) is 10.0 Å². The number of rotatable bonds is 4. The SMILES string of the molecule is Cc1cc2c(N3CCC(NS(=O)(=O)c4ccc(F)cc4)CC3)ncnc2s1. The summed E-state index contributed by atoms with van der Waals surface area (Å²) in [7, 11) is -3.65. The van der Waals surface area contributed by atoms with Crippen LogP contribution in [0.15, 0.2) is 41.6 Å². The number of nitrogens with zero attached hydrogens (tertiary/aromatic N) is 3. The molecule has 0 saturated carbocycles. The fraction of sp³-hybridized carbons (Fsp3) is 0.333. The molecule has 1 aliphatic heterocycles. The summed E-state index contributed by atoms with van der Waals surface area (Å²) in [4.78, 5) is 13.2. The third kappa shape index (κ3) is 3.80. The molecule has 0 unspecified atom stereocenters. The van der Waals surface area contributed by atoms with Gasteiger partial charge < -0.3 is 4.90 Å². The standard InChI is InChI=1S/C18H19FN4O2S2/c1-12-10-16-17(20-11-21-18(16)26-12)23-8-6-14(7-9-23)22-27(24,25)15-4-2-13(19)3-5-15/h2-5,10-11,14,22H,6-9H2,1H3. The lowest BCUT2D eigenvalue weighted by Crippen LogP contribution is -2.44. The molecule has 6 nitrogen and oxygen atoms in total. The lowest BCUT2D eigenvalue weighted by Gasteiger charge is -2.33. The highest BCUT2D eigenvalue weighted by atomic mass is 32.2.